The Morgan fingerprint density at radius 3 is 1.50 bits per heavy atom. The first-order valence-corrected chi connectivity index (χ1v) is 13.0. The molecule has 0 saturated carbocycles. The van der Waals surface area contributed by atoms with Crippen molar-refractivity contribution in [2.45, 2.75) is 31.5 Å². The van der Waals surface area contributed by atoms with Crippen molar-refractivity contribution >= 4 is 18.7 Å². The summed E-state index contributed by atoms with van der Waals surface area (Å²) in [6.07, 6.45) is 0. The molecule has 0 aromatic heterocycles. The number of rotatable bonds is 6. The highest BCUT2D eigenvalue weighted by Crippen LogP contribution is 2.58. The first kappa shape index (κ1) is 22.9. The number of ether oxygens (including phenoxy) is 3. The second-order valence-corrected chi connectivity index (χ2v) is 12.3. The van der Waals surface area contributed by atoms with Gasteiger partial charge in [0, 0.05) is 32.3 Å². The quantitative estimate of drug-likeness (QED) is 0.416. The van der Waals surface area contributed by atoms with E-state index in [-0.39, 0.29) is 0 Å². The molecular weight excluding hydrogens is 416 g/mol. The molecule has 1 saturated heterocycles. The molecule has 1 fully saturated rings. The van der Waals surface area contributed by atoms with Crippen molar-refractivity contribution in [3.63, 3.8) is 0 Å². The van der Waals surface area contributed by atoms with Crippen LogP contribution in [-0.4, -0.2) is 35.4 Å². The van der Waals surface area contributed by atoms with Gasteiger partial charge in [-0.15, -0.1) is 0 Å². The minimum atomic E-state index is -2.82. The van der Waals surface area contributed by atoms with Crippen molar-refractivity contribution < 1.29 is 18.6 Å². The lowest BCUT2D eigenvalue weighted by atomic mass is 9.76. The van der Waals surface area contributed by atoms with Gasteiger partial charge < -0.3 is 18.6 Å². The molecule has 1 aliphatic rings. The predicted octanol–water partition coefficient (Wildman–Crippen LogP) is 4.29. The fourth-order valence-corrected chi connectivity index (χ4v) is 10.4. The summed E-state index contributed by atoms with van der Waals surface area (Å²) in [5, 5.41) is 2.38. The molecule has 4 nitrogen and oxygen atoms in total. The highest BCUT2D eigenvalue weighted by molar-refractivity contribution is 6.97. The van der Waals surface area contributed by atoms with Crippen LogP contribution in [0.2, 0.25) is 6.04 Å². The Balaban J connectivity index is 2.08. The molecule has 1 unspecified atom stereocenters. The second kappa shape index (κ2) is 8.58. The molecule has 1 aliphatic heterocycles. The molecule has 1 atom stereocenters. The second-order valence-electron chi connectivity index (χ2n) is 8.93. The van der Waals surface area contributed by atoms with Crippen LogP contribution in [-0.2, 0) is 24.4 Å². The lowest BCUT2D eigenvalue weighted by Gasteiger charge is -2.62. The van der Waals surface area contributed by atoms with Crippen molar-refractivity contribution in [2.24, 2.45) is 5.41 Å². The Morgan fingerprint density at radius 2 is 1.09 bits per heavy atom. The van der Waals surface area contributed by atoms with Crippen LogP contribution in [0.25, 0.3) is 0 Å². The molecule has 0 aliphatic carbocycles. The predicted molar refractivity (Wildman–Crippen MR) is 129 cm³/mol. The Labute approximate surface area is 192 Å². The van der Waals surface area contributed by atoms with Crippen molar-refractivity contribution in [1.82, 2.24) is 0 Å². The van der Waals surface area contributed by atoms with E-state index in [1.807, 2.05) is 42.5 Å². The first-order chi connectivity index (χ1) is 15.4. The average Bonchev–Trinajstić information content (AvgIpc) is 2.85. The van der Waals surface area contributed by atoms with Crippen molar-refractivity contribution in [1.29, 1.82) is 0 Å². The fourth-order valence-electron chi connectivity index (χ4n) is 5.54. The molecular formula is C27H32O4Si. The van der Waals surface area contributed by atoms with Crippen molar-refractivity contribution in [2.75, 3.05) is 21.3 Å². The van der Waals surface area contributed by atoms with E-state index in [0.717, 1.165) is 11.6 Å². The summed E-state index contributed by atoms with van der Waals surface area (Å²) in [6, 6.07) is 31.9. The molecule has 0 radical (unpaired) electrons. The van der Waals surface area contributed by atoms with Gasteiger partial charge in [0.25, 0.3) is 8.32 Å². The minimum absolute atomic E-state index is 0.460. The molecule has 3 aromatic carbocycles. The van der Waals surface area contributed by atoms with Crippen LogP contribution in [0.15, 0.2) is 91.0 Å². The van der Waals surface area contributed by atoms with Gasteiger partial charge in [-0.2, -0.15) is 0 Å². The summed E-state index contributed by atoms with van der Waals surface area (Å²) in [5.41, 5.74) is 0.404. The van der Waals surface area contributed by atoms with Gasteiger partial charge in [0.2, 0.25) is 11.6 Å². The van der Waals surface area contributed by atoms with Gasteiger partial charge in [-0.05, 0) is 16.4 Å². The van der Waals surface area contributed by atoms with E-state index < -0.39 is 25.3 Å². The monoisotopic (exact) mass is 448 g/mol. The Morgan fingerprint density at radius 1 is 0.656 bits per heavy atom. The van der Waals surface area contributed by atoms with E-state index in [1.54, 1.807) is 21.3 Å². The Kier molecular flexibility index (Phi) is 6.14. The largest absolute Gasteiger partial charge is 0.373 e. The summed E-state index contributed by atoms with van der Waals surface area (Å²) in [4.78, 5) is 0. The maximum atomic E-state index is 7.37. The number of hydrogen-bond donors (Lipinski definition) is 0. The SMILES string of the molecule is COC1(c2ccccc2)O[Si](c2ccccc2)(c2ccccc2)CC(C)(C)C1(OC)OC. The lowest BCUT2D eigenvalue weighted by Crippen LogP contribution is -2.78. The van der Waals surface area contributed by atoms with Crippen LogP contribution in [0.3, 0.4) is 0 Å². The molecule has 1 heterocycles. The maximum Gasteiger partial charge on any atom is 0.261 e. The molecule has 0 amide bonds. The first-order valence-electron chi connectivity index (χ1n) is 10.9. The highest BCUT2D eigenvalue weighted by atomic mass is 28.4. The van der Waals surface area contributed by atoms with E-state index in [1.165, 1.54) is 10.4 Å². The summed E-state index contributed by atoms with van der Waals surface area (Å²) < 4.78 is 26.2. The number of methoxy groups -OCH3 is 3. The lowest BCUT2D eigenvalue weighted by molar-refractivity contribution is -0.423. The molecule has 0 spiro atoms. The minimum Gasteiger partial charge on any atom is -0.373 e. The number of benzene rings is 3. The Bertz CT molecular complexity index is 980. The number of hydrogen-bond acceptors (Lipinski definition) is 4. The summed E-state index contributed by atoms with van der Waals surface area (Å²) in [5.74, 6) is -2.45. The molecule has 168 valence electrons. The van der Waals surface area contributed by atoms with Crippen LogP contribution in [0.1, 0.15) is 19.4 Å². The van der Waals surface area contributed by atoms with E-state index in [4.69, 9.17) is 18.6 Å². The zero-order chi connectivity index (χ0) is 22.9. The van der Waals surface area contributed by atoms with Gasteiger partial charge in [0.05, 0.1) is 0 Å². The molecule has 4 rings (SSSR count). The molecule has 0 bridgehead atoms. The van der Waals surface area contributed by atoms with Crippen LogP contribution >= 0.6 is 0 Å². The van der Waals surface area contributed by atoms with Gasteiger partial charge in [0.1, 0.15) is 0 Å². The average molecular weight is 449 g/mol. The third-order valence-corrected chi connectivity index (χ3v) is 11.4. The van der Waals surface area contributed by atoms with E-state index in [2.05, 4.69) is 62.4 Å². The van der Waals surface area contributed by atoms with Gasteiger partial charge in [-0.3, -0.25) is 0 Å². The molecule has 0 N–H and O–H groups in total. The fraction of sp³-hybridized carbons (Fsp3) is 0.333. The molecule has 5 heteroatoms. The summed E-state index contributed by atoms with van der Waals surface area (Å²) >= 11 is 0. The summed E-state index contributed by atoms with van der Waals surface area (Å²) in [6.45, 7) is 4.37. The van der Waals surface area contributed by atoms with E-state index in [0.29, 0.717) is 0 Å². The molecule has 32 heavy (non-hydrogen) atoms. The topological polar surface area (TPSA) is 36.9 Å². The third kappa shape index (κ3) is 3.19. The van der Waals surface area contributed by atoms with Gasteiger partial charge >= 0.3 is 0 Å². The third-order valence-electron chi connectivity index (χ3n) is 6.83. The van der Waals surface area contributed by atoms with Crippen molar-refractivity contribution in [3.8, 4) is 0 Å². The maximum absolute atomic E-state index is 7.37. The van der Waals surface area contributed by atoms with Crippen LogP contribution in [0.5, 0.6) is 0 Å². The van der Waals surface area contributed by atoms with Crippen LogP contribution in [0, 0.1) is 5.41 Å². The van der Waals surface area contributed by atoms with Crippen LogP contribution in [0.4, 0.5) is 0 Å². The van der Waals surface area contributed by atoms with Gasteiger partial charge in [-0.25, -0.2) is 0 Å². The normalized spacial score (nSPS) is 23.5. The van der Waals surface area contributed by atoms with Crippen LogP contribution < -0.4 is 10.4 Å². The van der Waals surface area contributed by atoms with Crippen molar-refractivity contribution in [3.05, 3.63) is 96.6 Å². The zero-order valence-corrected chi connectivity index (χ0v) is 20.5. The van der Waals surface area contributed by atoms with Gasteiger partial charge in [0.15, 0.2) is 0 Å². The smallest absolute Gasteiger partial charge is 0.261 e. The van der Waals surface area contributed by atoms with E-state index >= 15 is 0 Å². The Hall–Kier alpha value is -2.28. The van der Waals surface area contributed by atoms with Gasteiger partial charge in [-0.1, -0.05) is 105 Å². The molecule has 3 aromatic rings. The zero-order valence-electron chi connectivity index (χ0n) is 19.5. The highest BCUT2D eigenvalue weighted by Gasteiger charge is 2.72. The standard InChI is InChI=1S/C27H32O4Si/c1-25(2)21-32(23-17-11-7-12-18-23,24-19-13-8-14-20-24)31-26(28-3,27(25,29-4)30-5)22-15-9-6-10-16-22/h6-20H,21H2,1-5H3. The summed E-state index contributed by atoms with van der Waals surface area (Å²) in [7, 11) is 2.20. The van der Waals surface area contributed by atoms with E-state index in [9.17, 15) is 0 Å².